The van der Waals surface area contributed by atoms with E-state index in [9.17, 15) is 4.79 Å². The number of amides is 1. The van der Waals surface area contributed by atoms with E-state index in [0.29, 0.717) is 19.1 Å². The van der Waals surface area contributed by atoms with Crippen molar-refractivity contribution >= 4 is 17.7 Å². The lowest BCUT2D eigenvalue weighted by Gasteiger charge is -2.12. The number of ether oxygens (including phenoxy) is 1. The lowest BCUT2D eigenvalue weighted by atomic mass is 10.0. The molecule has 4 heteroatoms. The van der Waals surface area contributed by atoms with Crippen LogP contribution in [0, 0.1) is 0 Å². The minimum Gasteiger partial charge on any atom is -0.385 e. The van der Waals surface area contributed by atoms with Gasteiger partial charge in [-0.15, -0.1) is 11.8 Å². The Kier molecular flexibility index (Phi) is 7.70. The summed E-state index contributed by atoms with van der Waals surface area (Å²) >= 11 is 1.59. The SMILES string of the molecule is COCCCNC(=O)C(C)Sc1ccc(C(C)C)cc1. The van der Waals surface area contributed by atoms with Crippen molar-refractivity contribution in [1.29, 1.82) is 0 Å². The lowest BCUT2D eigenvalue weighted by molar-refractivity contribution is -0.120. The van der Waals surface area contributed by atoms with Crippen molar-refractivity contribution in [3.63, 3.8) is 0 Å². The predicted octanol–water partition coefficient (Wildman–Crippen LogP) is 3.44. The van der Waals surface area contributed by atoms with Crippen molar-refractivity contribution in [2.24, 2.45) is 0 Å². The van der Waals surface area contributed by atoms with E-state index in [0.717, 1.165) is 11.3 Å². The van der Waals surface area contributed by atoms with E-state index in [-0.39, 0.29) is 11.2 Å². The summed E-state index contributed by atoms with van der Waals surface area (Å²) in [5.41, 5.74) is 1.33. The summed E-state index contributed by atoms with van der Waals surface area (Å²) in [4.78, 5) is 13.0. The average Bonchev–Trinajstić information content (AvgIpc) is 2.44. The molecule has 1 aromatic rings. The third-order valence-electron chi connectivity index (χ3n) is 3.05. The number of nitrogens with one attached hydrogen (secondary N) is 1. The topological polar surface area (TPSA) is 38.3 Å². The van der Waals surface area contributed by atoms with Gasteiger partial charge in [0.1, 0.15) is 0 Å². The van der Waals surface area contributed by atoms with E-state index in [1.165, 1.54) is 5.56 Å². The fourth-order valence-corrected chi connectivity index (χ4v) is 2.65. The van der Waals surface area contributed by atoms with E-state index in [1.807, 2.05) is 6.92 Å². The third-order valence-corrected chi connectivity index (χ3v) is 4.17. The Morgan fingerprint density at radius 3 is 2.45 bits per heavy atom. The molecule has 1 amide bonds. The highest BCUT2D eigenvalue weighted by Crippen LogP contribution is 2.25. The third kappa shape index (κ3) is 5.97. The lowest BCUT2D eigenvalue weighted by Crippen LogP contribution is -2.32. The van der Waals surface area contributed by atoms with Gasteiger partial charge in [-0.3, -0.25) is 4.79 Å². The maximum atomic E-state index is 11.9. The van der Waals surface area contributed by atoms with Crippen LogP contribution < -0.4 is 5.32 Å². The molecule has 0 fully saturated rings. The Labute approximate surface area is 126 Å². The predicted molar refractivity (Wildman–Crippen MR) is 85.4 cm³/mol. The molecular formula is C16H25NO2S. The molecule has 1 unspecified atom stereocenters. The molecule has 0 radical (unpaired) electrons. The molecule has 0 aliphatic carbocycles. The standard InChI is InChI=1S/C16H25NO2S/c1-12(2)14-6-8-15(9-7-14)20-13(3)16(18)17-10-5-11-19-4/h6-9,12-13H,5,10-11H2,1-4H3,(H,17,18). The van der Waals surface area contributed by atoms with Crippen molar-refractivity contribution in [1.82, 2.24) is 5.32 Å². The van der Waals surface area contributed by atoms with Crippen LogP contribution in [0.3, 0.4) is 0 Å². The molecule has 1 atom stereocenters. The zero-order valence-electron chi connectivity index (χ0n) is 12.8. The number of hydrogen-bond donors (Lipinski definition) is 1. The number of rotatable bonds is 8. The molecule has 0 aliphatic heterocycles. The molecule has 1 rings (SSSR count). The van der Waals surface area contributed by atoms with E-state index in [1.54, 1.807) is 18.9 Å². The fourth-order valence-electron chi connectivity index (χ4n) is 1.76. The first-order valence-electron chi connectivity index (χ1n) is 7.08. The number of hydrogen-bond acceptors (Lipinski definition) is 3. The number of benzene rings is 1. The van der Waals surface area contributed by atoms with Crippen LogP contribution in [0.2, 0.25) is 0 Å². The minimum atomic E-state index is -0.0811. The maximum absolute atomic E-state index is 11.9. The summed E-state index contributed by atoms with van der Waals surface area (Å²) in [5, 5.41) is 2.85. The smallest absolute Gasteiger partial charge is 0.233 e. The van der Waals surface area contributed by atoms with E-state index >= 15 is 0 Å². The van der Waals surface area contributed by atoms with Gasteiger partial charge in [0.25, 0.3) is 0 Å². The maximum Gasteiger partial charge on any atom is 0.233 e. The molecule has 0 saturated heterocycles. The largest absolute Gasteiger partial charge is 0.385 e. The van der Waals surface area contributed by atoms with Gasteiger partial charge in [0.05, 0.1) is 5.25 Å². The van der Waals surface area contributed by atoms with Crippen LogP contribution in [-0.4, -0.2) is 31.4 Å². The normalized spacial score (nSPS) is 12.4. The molecule has 3 nitrogen and oxygen atoms in total. The van der Waals surface area contributed by atoms with Crippen LogP contribution in [0.4, 0.5) is 0 Å². The summed E-state index contributed by atoms with van der Waals surface area (Å²) in [7, 11) is 1.67. The summed E-state index contributed by atoms with van der Waals surface area (Å²) in [6.45, 7) is 7.64. The Bertz CT molecular complexity index is 403. The molecule has 20 heavy (non-hydrogen) atoms. The van der Waals surface area contributed by atoms with E-state index < -0.39 is 0 Å². The second-order valence-electron chi connectivity index (χ2n) is 5.12. The van der Waals surface area contributed by atoms with Crippen molar-refractivity contribution in [2.45, 2.75) is 43.3 Å². The number of methoxy groups -OCH3 is 1. The Morgan fingerprint density at radius 2 is 1.90 bits per heavy atom. The zero-order valence-corrected chi connectivity index (χ0v) is 13.6. The Morgan fingerprint density at radius 1 is 1.25 bits per heavy atom. The van der Waals surface area contributed by atoms with Gasteiger partial charge in [-0.05, 0) is 37.0 Å². The number of carbonyl (C=O) groups is 1. The van der Waals surface area contributed by atoms with Crippen LogP contribution in [-0.2, 0) is 9.53 Å². The second-order valence-corrected chi connectivity index (χ2v) is 6.54. The monoisotopic (exact) mass is 295 g/mol. The molecule has 0 bridgehead atoms. The highest BCUT2D eigenvalue weighted by molar-refractivity contribution is 8.00. The second kappa shape index (κ2) is 9.03. The minimum absolute atomic E-state index is 0.0811. The average molecular weight is 295 g/mol. The quantitative estimate of drug-likeness (QED) is 0.590. The first kappa shape index (κ1) is 17.1. The molecule has 112 valence electrons. The van der Waals surface area contributed by atoms with Gasteiger partial charge in [0.2, 0.25) is 5.91 Å². The van der Waals surface area contributed by atoms with Crippen molar-refractivity contribution in [3.05, 3.63) is 29.8 Å². The Hall–Kier alpha value is -1.00. The van der Waals surface area contributed by atoms with Crippen molar-refractivity contribution in [2.75, 3.05) is 20.3 Å². The fraction of sp³-hybridized carbons (Fsp3) is 0.562. The molecule has 0 aromatic heterocycles. The van der Waals surface area contributed by atoms with Crippen LogP contribution in [0.1, 0.15) is 38.7 Å². The molecule has 1 N–H and O–H groups in total. The Balaban J connectivity index is 2.40. The van der Waals surface area contributed by atoms with Gasteiger partial charge in [-0.25, -0.2) is 0 Å². The van der Waals surface area contributed by atoms with Gasteiger partial charge >= 0.3 is 0 Å². The highest BCUT2D eigenvalue weighted by Gasteiger charge is 2.13. The van der Waals surface area contributed by atoms with Crippen LogP contribution in [0.5, 0.6) is 0 Å². The zero-order chi connectivity index (χ0) is 15.0. The molecular weight excluding hydrogens is 270 g/mol. The number of carbonyl (C=O) groups excluding carboxylic acids is 1. The molecule has 0 saturated carbocycles. The molecule has 0 aliphatic rings. The van der Waals surface area contributed by atoms with Crippen LogP contribution in [0.15, 0.2) is 29.2 Å². The summed E-state index contributed by atoms with van der Waals surface area (Å²) in [6, 6.07) is 8.45. The summed E-state index contributed by atoms with van der Waals surface area (Å²) in [6.07, 6.45) is 0.850. The van der Waals surface area contributed by atoms with Crippen LogP contribution in [0.25, 0.3) is 0 Å². The van der Waals surface area contributed by atoms with Crippen molar-refractivity contribution < 1.29 is 9.53 Å². The summed E-state index contributed by atoms with van der Waals surface area (Å²) in [5.74, 6) is 0.620. The summed E-state index contributed by atoms with van der Waals surface area (Å²) < 4.78 is 4.95. The van der Waals surface area contributed by atoms with Crippen molar-refractivity contribution in [3.8, 4) is 0 Å². The van der Waals surface area contributed by atoms with Gasteiger partial charge in [0.15, 0.2) is 0 Å². The first-order chi connectivity index (χ1) is 9.54. The van der Waals surface area contributed by atoms with Gasteiger partial charge in [-0.1, -0.05) is 26.0 Å². The molecule has 0 spiro atoms. The molecule has 1 aromatic carbocycles. The number of thioether (sulfide) groups is 1. The first-order valence-corrected chi connectivity index (χ1v) is 7.95. The van der Waals surface area contributed by atoms with Gasteiger partial charge < -0.3 is 10.1 Å². The highest BCUT2D eigenvalue weighted by atomic mass is 32.2. The van der Waals surface area contributed by atoms with Gasteiger partial charge in [-0.2, -0.15) is 0 Å². The molecule has 0 heterocycles. The van der Waals surface area contributed by atoms with Gasteiger partial charge in [0, 0.05) is 25.2 Å². The van der Waals surface area contributed by atoms with E-state index in [4.69, 9.17) is 4.74 Å². The van der Waals surface area contributed by atoms with Crippen LogP contribution >= 0.6 is 11.8 Å². The van der Waals surface area contributed by atoms with E-state index in [2.05, 4.69) is 43.4 Å².